The quantitative estimate of drug-likeness (QED) is 0.677. The van der Waals surface area contributed by atoms with Gasteiger partial charge >= 0.3 is 5.69 Å². The summed E-state index contributed by atoms with van der Waals surface area (Å²) in [5, 5.41) is 7.61. The van der Waals surface area contributed by atoms with Crippen LogP contribution in [0.15, 0.2) is 41.4 Å². The van der Waals surface area contributed by atoms with E-state index >= 15 is 0 Å². The van der Waals surface area contributed by atoms with Gasteiger partial charge in [0.2, 0.25) is 0 Å². The van der Waals surface area contributed by atoms with Crippen LogP contribution >= 0.6 is 0 Å². The van der Waals surface area contributed by atoms with Gasteiger partial charge in [0.25, 0.3) is 0 Å². The number of ether oxygens (including phenoxy) is 2. The van der Waals surface area contributed by atoms with E-state index in [1.54, 1.807) is 24.4 Å². The van der Waals surface area contributed by atoms with Gasteiger partial charge in [-0.05, 0) is 35.9 Å². The first-order valence-corrected chi connectivity index (χ1v) is 7.80. The van der Waals surface area contributed by atoms with E-state index < -0.39 is 5.69 Å². The SMILES string of the molecule is [3H]c1ccc(OCc2c(OCC)cncc2-n2nnn(C)c2=O)c(C)c1. The molecule has 8 nitrogen and oxygen atoms in total. The summed E-state index contributed by atoms with van der Waals surface area (Å²) < 4.78 is 21.5. The molecule has 0 saturated carbocycles. The van der Waals surface area contributed by atoms with Crippen LogP contribution < -0.4 is 15.2 Å². The Hall–Kier alpha value is -3.16. The lowest BCUT2D eigenvalue weighted by atomic mass is 10.2. The zero-order chi connectivity index (χ0) is 18.7. The molecule has 0 N–H and O–H groups in total. The molecule has 0 aliphatic rings. The lowest BCUT2D eigenvalue weighted by Crippen LogP contribution is -2.23. The van der Waals surface area contributed by atoms with E-state index in [1.165, 1.54) is 13.2 Å². The molecule has 0 spiro atoms. The predicted molar refractivity (Wildman–Crippen MR) is 91.1 cm³/mol. The number of aromatic nitrogens is 5. The van der Waals surface area contributed by atoms with Crippen LogP contribution in [0.2, 0.25) is 0 Å². The first-order valence-electron chi connectivity index (χ1n) is 8.30. The topological polar surface area (TPSA) is 84.1 Å². The smallest absolute Gasteiger partial charge is 0.368 e. The Morgan fingerprint density at radius 2 is 2.04 bits per heavy atom. The van der Waals surface area contributed by atoms with Crippen molar-refractivity contribution in [2.45, 2.75) is 20.5 Å². The van der Waals surface area contributed by atoms with E-state index in [9.17, 15) is 4.79 Å². The Morgan fingerprint density at radius 1 is 1.20 bits per heavy atom. The first-order chi connectivity index (χ1) is 12.5. The molecule has 130 valence electrons. The van der Waals surface area contributed by atoms with Crippen LogP contribution in [0, 0.1) is 6.92 Å². The van der Waals surface area contributed by atoms with Gasteiger partial charge in [-0.25, -0.2) is 4.79 Å². The second-order valence-corrected chi connectivity index (χ2v) is 5.35. The Labute approximate surface area is 146 Å². The molecule has 25 heavy (non-hydrogen) atoms. The molecule has 8 heteroatoms. The number of pyridine rings is 1. The average molecular weight is 343 g/mol. The van der Waals surface area contributed by atoms with Crippen LogP contribution in [-0.4, -0.2) is 31.4 Å². The van der Waals surface area contributed by atoms with Crippen LogP contribution in [0.3, 0.4) is 0 Å². The van der Waals surface area contributed by atoms with Crippen molar-refractivity contribution in [2.75, 3.05) is 6.61 Å². The Balaban J connectivity index is 2.00. The highest BCUT2D eigenvalue weighted by Gasteiger charge is 2.17. The third-order valence-corrected chi connectivity index (χ3v) is 3.64. The molecule has 2 heterocycles. The second-order valence-electron chi connectivity index (χ2n) is 5.35. The van der Waals surface area contributed by atoms with Crippen LogP contribution in [0.5, 0.6) is 11.5 Å². The van der Waals surface area contributed by atoms with Crippen molar-refractivity contribution < 1.29 is 10.8 Å². The molecule has 2 aromatic heterocycles. The Morgan fingerprint density at radius 3 is 2.72 bits per heavy atom. The van der Waals surface area contributed by atoms with Crippen LogP contribution in [0.4, 0.5) is 0 Å². The molecule has 0 saturated heterocycles. The zero-order valence-electron chi connectivity index (χ0n) is 15.3. The van der Waals surface area contributed by atoms with E-state index in [0.717, 1.165) is 14.9 Å². The normalized spacial score (nSPS) is 11.2. The molecule has 0 fully saturated rings. The number of hydrogen-bond acceptors (Lipinski definition) is 6. The summed E-state index contributed by atoms with van der Waals surface area (Å²) in [6, 6.07) is 5.54. The van der Waals surface area contributed by atoms with Crippen molar-refractivity contribution in [2.24, 2.45) is 7.05 Å². The average Bonchev–Trinajstić information content (AvgIpc) is 2.94. The summed E-state index contributed by atoms with van der Waals surface area (Å²) in [7, 11) is 1.52. The predicted octanol–water partition coefficient (Wildman–Crippen LogP) is 1.65. The highest BCUT2D eigenvalue weighted by atomic mass is 16.5. The van der Waals surface area contributed by atoms with Gasteiger partial charge in [-0.1, -0.05) is 18.2 Å². The van der Waals surface area contributed by atoms with Crippen molar-refractivity contribution in [3.63, 3.8) is 0 Å². The van der Waals surface area contributed by atoms with Crippen molar-refractivity contribution in [1.29, 1.82) is 0 Å². The molecule has 1 aromatic carbocycles. The van der Waals surface area contributed by atoms with E-state index in [0.29, 0.717) is 35.4 Å². The van der Waals surface area contributed by atoms with Crippen molar-refractivity contribution in [3.8, 4) is 17.2 Å². The van der Waals surface area contributed by atoms with Gasteiger partial charge in [-0.3, -0.25) is 4.98 Å². The number of rotatable bonds is 6. The molecule has 0 radical (unpaired) electrons. The van der Waals surface area contributed by atoms with Gasteiger partial charge < -0.3 is 9.47 Å². The number of tetrazole rings is 1. The number of benzene rings is 1. The molecule has 3 aromatic rings. The minimum atomic E-state index is -0.392. The number of aryl methyl sites for hydroxylation is 2. The maximum absolute atomic E-state index is 12.2. The fourth-order valence-corrected chi connectivity index (χ4v) is 2.34. The van der Waals surface area contributed by atoms with Crippen LogP contribution in [0.1, 0.15) is 19.4 Å². The maximum atomic E-state index is 12.2. The van der Waals surface area contributed by atoms with Crippen LogP contribution in [0.25, 0.3) is 5.69 Å². The van der Waals surface area contributed by atoms with Gasteiger partial charge in [0, 0.05) is 7.05 Å². The van der Waals surface area contributed by atoms with Crippen molar-refractivity contribution in [1.82, 2.24) is 24.8 Å². The van der Waals surface area contributed by atoms with Crippen molar-refractivity contribution in [3.05, 3.63) is 58.2 Å². The third kappa shape index (κ3) is 3.37. The van der Waals surface area contributed by atoms with Gasteiger partial charge in [-0.2, -0.15) is 9.36 Å². The number of para-hydroxylation sites is 1. The molecular formula is C17H19N5O3. The highest BCUT2D eigenvalue weighted by molar-refractivity contribution is 5.46. The van der Waals surface area contributed by atoms with Gasteiger partial charge in [0.1, 0.15) is 23.8 Å². The van der Waals surface area contributed by atoms with Crippen LogP contribution in [-0.2, 0) is 13.7 Å². The highest BCUT2D eigenvalue weighted by Crippen LogP contribution is 2.26. The first kappa shape index (κ1) is 15.4. The third-order valence-electron chi connectivity index (χ3n) is 3.64. The summed E-state index contributed by atoms with van der Waals surface area (Å²) in [6.07, 6.45) is 3.10. The van der Waals surface area contributed by atoms with Crippen molar-refractivity contribution >= 4 is 0 Å². The minimum absolute atomic E-state index is 0.147. The summed E-state index contributed by atoms with van der Waals surface area (Å²) >= 11 is 0. The summed E-state index contributed by atoms with van der Waals surface area (Å²) in [4.78, 5) is 16.4. The molecule has 0 bridgehead atoms. The maximum Gasteiger partial charge on any atom is 0.368 e. The standard InChI is InChI=1S/C17H19N5O3/c1-4-24-16-10-18-9-14(22-17(23)21(3)19-20-22)13(16)11-25-15-8-6-5-7-12(15)2/h5-10H,4,11H2,1-3H3/i5T. The summed E-state index contributed by atoms with van der Waals surface area (Å²) in [6.45, 7) is 4.33. The fourth-order valence-electron chi connectivity index (χ4n) is 2.34. The molecule has 3 rings (SSSR count). The molecule has 0 amide bonds. The molecule has 0 atom stereocenters. The molecular weight excluding hydrogens is 322 g/mol. The van der Waals surface area contributed by atoms with Gasteiger partial charge in [-0.15, -0.1) is 0 Å². The monoisotopic (exact) mass is 343 g/mol. The van der Waals surface area contributed by atoms with E-state index in [-0.39, 0.29) is 6.61 Å². The van der Waals surface area contributed by atoms with E-state index in [4.69, 9.17) is 10.8 Å². The van der Waals surface area contributed by atoms with Gasteiger partial charge in [0.05, 0.1) is 25.9 Å². The lowest BCUT2D eigenvalue weighted by Gasteiger charge is -2.15. The Kier molecular flexibility index (Phi) is 4.40. The summed E-state index contributed by atoms with van der Waals surface area (Å²) in [5.74, 6) is 1.16. The largest absolute Gasteiger partial charge is 0.492 e. The second kappa shape index (κ2) is 7.16. The zero-order valence-corrected chi connectivity index (χ0v) is 14.3. The molecule has 0 aliphatic heterocycles. The molecule has 0 unspecified atom stereocenters. The van der Waals surface area contributed by atoms with Gasteiger partial charge in [0.15, 0.2) is 0 Å². The lowest BCUT2D eigenvalue weighted by molar-refractivity contribution is 0.283. The van der Waals surface area contributed by atoms with E-state index in [1.807, 2.05) is 13.8 Å². The number of nitrogens with zero attached hydrogens (tertiary/aromatic N) is 5. The minimum Gasteiger partial charge on any atom is -0.492 e. The Bertz CT molecular complexity index is 983. The van der Waals surface area contributed by atoms with E-state index in [2.05, 4.69) is 15.4 Å². The fraction of sp³-hybridized carbons (Fsp3) is 0.294. The summed E-state index contributed by atoms with van der Waals surface area (Å²) in [5.41, 5.74) is 1.54. The molecule has 0 aliphatic carbocycles. The number of hydrogen-bond donors (Lipinski definition) is 0.